The third-order valence-electron chi connectivity index (χ3n) is 3.47. The molecule has 0 saturated carbocycles. The van der Waals surface area contributed by atoms with Gasteiger partial charge in [0.15, 0.2) is 0 Å². The molecular weight excluding hydrogens is 340 g/mol. The van der Waals surface area contributed by atoms with Crippen LogP contribution in [-0.2, 0) is 4.79 Å². The Morgan fingerprint density at radius 2 is 2.00 bits per heavy atom. The summed E-state index contributed by atoms with van der Waals surface area (Å²) in [5, 5.41) is 20.2. The second-order valence-electron chi connectivity index (χ2n) is 5.20. The van der Waals surface area contributed by atoms with Crippen LogP contribution in [0.5, 0.6) is 5.75 Å². The molecule has 8 nitrogen and oxygen atoms in total. The van der Waals surface area contributed by atoms with Crippen LogP contribution in [-0.4, -0.2) is 36.3 Å². The molecule has 0 spiro atoms. The first-order chi connectivity index (χ1) is 12.0. The molecule has 1 aromatic carbocycles. The summed E-state index contributed by atoms with van der Waals surface area (Å²) in [5.41, 5.74) is 1.96. The van der Waals surface area contributed by atoms with Gasteiger partial charge in [0.1, 0.15) is 16.4 Å². The summed E-state index contributed by atoms with van der Waals surface area (Å²) in [6.45, 7) is 9.06. The number of anilines is 2. The largest absolute Gasteiger partial charge is 0.494 e. The van der Waals surface area contributed by atoms with Crippen molar-refractivity contribution in [2.24, 2.45) is 10.2 Å². The molecule has 134 valence electrons. The lowest BCUT2D eigenvalue weighted by atomic mass is 10.2. The van der Waals surface area contributed by atoms with E-state index in [1.807, 2.05) is 13.0 Å². The molecule has 0 aliphatic heterocycles. The van der Waals surface area contributed by atoms with E-state index in [0.29, 0.717) is 22.3 Å². The first kappa shape index (κ1) is 18.8. The molecule has 1 aromatic heterocycles. The zero-order valence-electron chi connectivity index (χ0n) is 15.0. The zero-order valence-corrected chi connectivity index (χ0v) is 15.8. The number of methoxy groups -OCH3 is 1. The molecular formula is C16H22N6O2S. The summed E-state index contributed by atoms with van der Waals surface area (Å²) >= 11 is 1.34. The summed E-state index contributed by atoms with van der Waals surface area (Å²) in [6.07, 6.45) is 0. The summed E-state index contributed by atoms with van der Waals surface area (Å²) in [6, 6.07) is 3.61. The SMILES string of the molecule is CCN(CC)c1cc(NC(C)=O)c(N=Nc2nnc(C)s2)cc1OC. The Hall–Kier alpha value is -2.55. The van der Waals surface area contributed by atoms with Gasteiger partial charge in [-0.1, -0.05) is 11.3 Å². The van der Waals surface area contributed by atoms with E-state index < -0.39 is 0 Å². The topological polar surface area (TPSA) is 92.1 Å². The van der Waals surface area contributed by atoms with Gasteiger partial charge in [-0.2, -0.15) is 0 Å². The van der Waals surface area contributed by atoms with Gasteiger partial charge in [-0.05, 0) is 26.8 Å². The molecule has 1 amide bonds. The number of nitrogens with zero attached hydrogens (tertiary/aromatic N) is 5. The van der Waals surface area contributed by atoms with E-state index >= 15 is 0 Å². The molecule has 0 saturated heterocycles. The zero-order chi connectivity index (χ0) is 18.4. The molecule has 2 rings (SSSR count). The first-order valence-corrected chi connectivity index (χ1v) is 8.76. The Balaban J connectivity index is 2.49. The number of ether oxygens (including phenoxy) is 1. The molecule has 2 aromatic rings. The van der Waals surface area contributed by atoms with Crippen LogP contribution < -0.4 is 15.0 Å². The fourth-order valence-electron chi connectivity index (χ4n) is 2.33. The number of carbonyl (C=O) groups excluding carboxylic acids is 1. The second kappa shape index (κ2) is 8.52. The van der Waals surface area contributed by atoms with Crippen molar-refractivity contribution in [3.05, 3.63) is 17.1 Å². The van der Waals surface area contributed by atoms with Crippen molar-refractivity contribution in [2.75, 3.05) is 30.4 Å². The average molecular weight is 362 g/mol. The highest BCUT2D eigenvalue weighted by Crippen LogP contribution is 2.39. The van der Waals surface area contributed by atoms with Crippen LogP contribution in [0, 0.1) is 6.92 Å². The molecule has 1 N–H and O–H groups in total. The first-order valence-electron chi connectivity index (χ1n) is 7.94. The van der Waals surface area contributed by atoms with E-state index in [2.05, 4.69) is 44.5 Å². The highest BCUT2D eigenvalue weighted by Gasteiger charge is 2.15. The Morgan fingerprint density at radius 3 is 2.52 bits per heavy atom. The van der Waals surface area contributed by atoms with Crippen LogP contribution in [0.3, 0.4) is 0 Å². The Bertz CT molecular complexity index is 770. The number of azo groups is 1. The maximum absolute atomic E-state index is 11.6. The van der Waals surface area contributed by atoms with Crippen molar-refractivity contribution < 1.29 is 9.53 Å². The van der Waals surface area contributed by atoms with E-state index in [-0.39, 0.29) is 5.91 Å². The van der Waals surface area contributed by atoms with Gasteiger partial charge in [0.05, 0.1) is 18.5 Å². The normalized spacial score (nSPS) is 10.9. The second-order valence-corrected chi connectivity index (χ2v) is 6.36. The van der Waals surface area contributed by atoms with Crippen molar-refractivity contribution >= 4 is 39.4 Å². The number of aryl methyl sites for hydroxylation is 1. The molecule has 0 aliphatic rings. The molecule has 0 fully saturated rings. The van der Waals surface area contributed by atoms with Gasteiger partial charge in [0.25, 0.3) is 5.13 Å². The maximum Gasteiger partial charge on any atom is 0.251 e. The molecule has 0 unspecified atom stereocenters. The summed E-state index contributed by atoms with van der Waals surface area (Å²) in [4.78, 5) is 13.7. The van der Waals surface area contributed by atoms with Crippen molar-refractivity contribution in [3.8, 4) is 5.75 Å². The lowest BCUT2D eigenvalue weighted by Crippen LogP contribution is -2.22. The number of nitrogens with one attached hydrogen (secondary N) is 1. The smallest absolute Gasteiger partial charge is 0.251 e. The predicted molar refractivity (Wildman–Crippen MR) is 99.7 cm³/mol. The quantitative estimate of drug-likeness (QED) is 0.749. The highest BCUT2D eigenvalue weighted by atomic mass is 32.1. The number of rotatable bonds is 7. The van der Waals surface area contributed by atoms with Crippen LogP contribution in [0.1, 0.15) is 25.8 Å². The predicted octanol–water partition coefficient (Wildman–Crippen LogP) is 4.08. The number of benzene rings is 1. The van der Waals surface area contributed by atoms with E-state index in [1.54, 1.807) is 13.2 Å². The van der Waals surface area contributed by atoms with Gasteiger partial charge in [0, 0.05) is 26.1 Å². The molecule has 25 heavy (non-hydrogen) atoms. The van der Waals surface area contributed by atoms with Gasteiger partial charge in [-0.25, -0.2) is 0 Å². The van der Waals surface area contributed by atoms with Gasteiger partial charge in [-0.3, -0.25) is 4.79 Å². The molecule has 1 heterocycles. The monoisotopic (exact) mass is 362 g/mol. The third kappa shape index (κ3) is 4.72. The Morgan fingerprint density at radius 1 is 1.28 bits per heavy atom. The highest BCUT2D eigenvalue weighted by molar-refractivity contribution is 7.14. The number of aromatic nitrogens is 2. The number of hydrogen-bond donors (Lipinski definition) is 1. The van der Waals surface area contributed by atoms with E-state index in [4.69, 9.17) is 4.74 Å². The van der Waals surface area contributed by atoms with E-state index in [0.717, 1.165) is 23.8 Å². The van der Waals surface area contributed by atoms with Gasteiger partial charge < -0.3 is 15.0 Å². The average Bonchev–Trinajstić information content (AvgIpc) is 3.00. The van der Waals surface area contributed by atoms with Gasteiger partial charge >= 0.3 is 0 Å². The minimum absolute atomic E-state index is 0.182. The summed E-state index contributed by atoms with van der Waals surface area (Å²) in [7, 11) is 1.61. The van der Waals surface area contributed by atoms with Crippen LogP contribution in [0.4, 0.5) is 22.2 Å². The van der Waals surface area contributed by atoms with E-state index in [9.17, 15) is 4.79 Å². The fourth-order valence-corrected chi connectivity index (χ4v) is 2.84. The Kier molecular flexibility index (Phi) is 6.40. The molecule has 0 radical (unpaired) electrons. The lowest BCUT2D eigenvalue weighted by molar-refractivity contribution is -0.114. The minimum atomic E-state index is -0.182. The maximum atomic E-state index is 11.6. The lowest BCUT2D eigenvalue weighted by Gasteiger charge is -2.24. The van der Waals surface area contributed by atoms with Crippen LogP contribution in [0.25, 0.3) is 0 Å². The van der Waals surface area contributed by atoms with E-state index in [1.165, 1.54) is 18.3 Å². The van der Waals surface area contributed by atoms with Crippen molar-refractivity contribution in [2.45, 2.75) is 27.7 Å². The molecule has 9 heteroatoms. The van der Waals surface area contributed by atoms with Crippen LogP contribution >= 0.6 is 11.3 Å². The van der Waals surface area contributed by atoms with Gasteiger partial charge in [-0.15, -0.1) is 20.4 Å². The fraction of sp³-hybridized carbons (Fsp3) is 0.438. The number of amides is 1. The number of hydrogen-bond acceptors (Lipinski definition) is 8. The standard InChI is InChI=1S/C16H22N6O2S/c1-6-22(7-2)14-8-12(17-10(3)23)13(9-15(14)24-5)19-21-16-20-18-11(4)25-16/h8-9H,6-7H2,1-5H3,(H,17,23). The van der Waals surface area contributed by atoms with Crippen molar-refractivity contribution in [1.82, 2.24) is 10.2 Å². The van der Waals surface area contributed by atoms with Gasteiger partial charge in [0.2, 0.25) is 5.91 Å². The number of carbonyl (C=O) groups is 1. The molecule has 0 aliphatic carbocycles. The Labute approximate surface area is 150 Å². The minimum Gasteiger partial charge on any atom is -0.494 e. The van der Waals surface area contributed by atoms with Crippen LogP contribution in [0.2, 0.25) is 0 Å². The molecule has 0 bridgehead atoms. The van der Waals surface area contributed by atoms with Crippen molar-refractivity contribution in [1.29, 1.82) is 0 Å². The third-order valence-corrected chi connectivity index (χ3v) is 4.19. The summed E-state index contributed by atoms with van der Waals surface area (Å²) < 4.78 is 5.51. The summed E-state index contributed by atoms with van der Waals surface area (Å²) in [5.74, 6) is 0.485. The molecule has 0 atom stereocenters. The van der Waals surface area contributed by atoms with Crippen LogP contribution in [0.15, 0.2) is 22.4 Å². The van der Waals surface area contributed by atoms with Crippen molar-refractivity contribution in [3.63, 3.8) is 0 Å².